The molecule has 0 amide bonds. The molecule has 1 aromatic rings. The molecule has 5 nitrogen and oxygen atoms in total. The van der Waals surface area contributed by atoms with Crippen molar-refractivity contribution < 1.29 is 14.3 Å². The molecule has 104 valence electrons. The van der Waals surface area contributed by atoms with Crippen LogP contribution in [0, 0.1) is 5.92 Å². The molecule has 1 aliphatic carbocycles. The van der Waals surface area contributed by atoms with Crippen molar-refractivity contribution in [3.05, 3.63) is 17.8 Å². The molecule has 1 heterocycles. The second kappa shape index (κ2) is 6.41. The van der Waals surface area contributed by atoms with Crippen LogP contribution in [-0.2, 0) is 4.74 Å². The lowest BCUT2D eigenvalue weighted by molar-refractivity contribution is 0.0592. The van der Waals surface area contributed by atoms with Gasteiger partial charge in [-0.2, -0.15) is 0 Å². The van der Waals surface area contributed by atoms with Gasteiger partial charge in [-0.3, -0.25) is 0 Å². The zero-order chi connectivity index (χ0) is 13.7. The average Bonchev–Trinajstić information content (AvgIpc) is 2.46. The molecule has 0 radical (unpaired) electrons. The van der Waals surface area contributed by atoms with Gasteiger partial charge in [-0.25, -0.2) is 9.78 Å². The van der Waals surface area contributed by atoms with Gasteiger partial charge in [-0.15, -0.1) is 0 Å². The van der Waals surface area contributed by atoms with Crippen LogP contribution in [0.5, 0.6) is 5.88 Å². The van der Waals surface area contributed by atoms with Crippen molar-refractivity contribution in [1.29, 1.82) is 0 Å². The maximum absolute atomic E-state index is 11.4. The van der Waals surface area contributed by atoms with Gasteiger partial charge in [0.1, 0.15) is 0 Å². The number of esters is 1. The van der Waals surface area contributed by atoms with E-state index in [4.69, 9.17) is 10.5 Å². The summed E-state index contributed by atoms with van der Waals surface area (Å²) in [7, 11) is 1.32. The quantitative estimate of drug-likeness (QED) is 0.845. The van der Waals surface area contributed by atoms with Gasteiger partial charge < -0.3 is 15.2 Å². The number of ether oxygens (including phenoxy) is 2. The lowest BCUT2D eigenvalue weighted by Gasteiger charge is -2.21. The van der Waals surface area contributed by atoms with E-state index in [1.165, 1.54) is 45.3 Å². The first-order valence-corrected chi connectivity index (χ1v) is 6.68. The number of pyridine rings is 1. The minimum absolute atomic E-state index is 0.218. The lowest BCUT2D eigenvalue weighted by atomic mass is 9.90. The van der Waals surface area contributed by atoms with Gasteiger partial charge in [-0.1, -0.05) is 19.3 Å². The monoisotopic (exact) mass is 264 g/mol. The number of nitrogens with two attached hydrogens (primary N) is 1. The molecule has 2 N–H and O–H groups in total. The van der Waals surface area contributed by atoms with Crippen molar-refractivity contribution in [2.24, 2.45) is 5.92 Å². The summed E-state index contributed by atoms with van der Waals surface area (Å²) in [6.07, 6.45) is 6.22. The lowest BCUT2D eigenvalue weighted by Crippen LogP contribution is -2.17. The van der Waals surface area contributed by atoms with Gasteiger partial charge in [0.25, 0.3) is 0 Å². The molecule has 0 unspecified atom stereocenters. The first-order chi connectivity index (χ1) is 9.20. The van der Waals surface area contributed by atoms with Crippen molar-refractivity contribution in [3.8, 4) is 5.88 Å². The van der Waals surface area contributed by atoms with E-state index in [-0.39, 0.29) is 5.69 Å². The molecule has 1 aromatic heterocycles. The standard InChI is InChI=1S/C14H20N2O3/c1-18-14(17)12-8-7-11(15)13(16-12)19-9-10-5-3-2-4-6-10/h7-8,10H,2-6,9,15H2,1H3. The smallest absolute Gasteiger partial charge is 0.356 e. The number of nitrogens with zero attached hydrogens (tertiary/aromatic N) is 1. The second-order valence-corrected chi connectivity index (χ2v) is 4.90. The van der Waals surface area contributed by atoms with E-state index in [1.54, 1.807) is 6.07 Å². The van der Waals surface area contributed by atoms with Crippen molar-refractivity contribution in [1.82, 2.24) is 4.98 Å². The number of nitrogen functional groups attached to an aromatic ring is 1. The van der Waals surface area contributed by atoms with Crippen LogP contribution in [-0.4, -0.2) is 24.7 Å². The van der Waals surface area contributed by atoms with Crippen LogP contribution in [0.1, 0.15) is 42.6 Å². The summed E-state index contributed by atoms with van der Waals surface area (Å²) in [5.41, 5.74) is 6.47. The fraction of sp³-hybridized carbons (Fsp3) is 0.571. The Morgan fingerprint density at radius 3 is 2.79 bits per heavy atom. The maximum Gasteiger partial charge on any atom is 0.356 e. The molecule has 2 rings (SSSR count). The third-order valence-electron chi connectivity index (χ3n) is 3.46. The van der Waals surface area contributed by atoms with E-state index < -0.39 is 5.97 Å². The summed E-state index contributed by atoms with van der Waals surface area (Å²) in [6.45, 7) is 0.613. The Labute approximate surface area is 113 Å². The molecule has 0 atom stereocenters. The summed E-state index contributed by atoms with van der Waals surface area (Å²) in [6, 6.07) is 3.16. The van der Waals surface area contributed by atoms with Crippen LogP contribution in [0.25, 0.3) is 0 Å². The second-order valence-electron chi connectivity index (χ2n) is 4.90. The predicted molar refractivity (Wildman–Crippen MR) is 72.1 cm³/mol. The highest BCUT2D eigenvalue weighted by molar-refractivity contribution is 5.87. The van der Waals surface area contributed by atoms with Crippen LogP contribution in [0.15, 0.2) is 12.1 Å². The van der Waals surface area contributed by atoms with Gasteiger partial charge in [0.05, 0.1) is 19.4 Å². The molecule has 1 saturated carbocycles. The van der Waals surface area contributed by atoms with E-state index in [0.29, 0.717) is 24.1 Å². The number of rotatable bonds is 4. The summed E-state index contributed by atoms with van der Waals surface area (Å²) in [4.78, 5) is 15.5. The first kappa shape index (κ1) is 13.6. The third-order valence-corrected chi connectivity index (χ3v) is 3.46. The predicted octanol–water partition coefficient (Wildman–Crippen LogP) is 2.41. The van der Waals surface area contributed by atoms with Gasteiger partial charge in [0.15, 0.2) is 5.69 Å². The van der Waals surface area contributed by atoms with Crippen LogP contribution in [0.2, 0.25) is 0 Å². The summed E-state index contributed by atoms with van der Waals surface area (Å²) in [5.74, 6) is 0.410. The van der Waals surface area contributed by atoms with E-state index in [0.717, 1.165) is 0 Å². The fourth-order valence-corrected chi connectivity index (χ4v) is 2.34. The summed E-state index contributed by atoms with van der Waals surface area (Å²) < 4.78 is 10.3. The Morgan fingerprint density at radius 1 is 1.37 bits per heavy atom. The van der Waals surface area contributed by atoms with Crippen molar-refractivity contribution >= 4 is 11.7 Å². The highest BCUT2D eigenvalue weighted by Gasteiger charge is 2.16. The maximum atomic E-state index is 11.4. The van der Waals surface area contributed by atoms with Crippen molar-refractivity contribution in [2.75, 3.05) is 19.5 Å². The van der Waals surface area contributed by atoms with Gasteiger partial charge >= 0.3 is 5.97 Å². The van der Waals surface area contributed by atoms with E-state index in [9.17, 15) is 4.79 Å². The molecule has 1 fully saturated rings. The molecule has 0 spiro atoms. The molecule has 0 aliphatic heterocycles. The zero-order valence-corrected chi connectivity index (χ0v) is 11.2. The Hall–Kier alpha value is -1.78. The largest absolute Gasteiger partial charge is 0.476 e. The molecule has 0 saturated heterocycles. The molecule has 0 aromatic carbocycles. The number of carbonyl (C=O) groups excluding carboxylic acids is 1. The average molecular weight is 264 g/mol. The molecule has 0 bridgehead atoms. The molecule has 19 heavy (non-hydrogen) atoms. The van der Waals surface area contributed by atoms with E-state index in [2.05, 4.69) is 9.72 Å². The number of hydrogen-bond acceptors (Lipinski definition) is 5. The van der Waals surface area contributed by atoms with E-state index in [1.807, 2.05) is 0 Å². The first-order valence-electron chi connectivity index (χ1n) is 6.68. The zero-order valence-electron chi connectivity index (χ0n) is 11.2. The van der Waals surface area contributed by atoms with E-state index >= 15 is 0 Å². The molecule has 5 heteroatoms. The highest BCUT2D eigenvalue weighted by atomic mass is 16.5. The van der Waals surface area contributed by atoms with Crippen LogP contribution < -0.4 is 10.5 Å². The Morgan fingerprint density at radius 2 is 2.11 bits per heavy atom. The Balaban J connectivity index is 2.00. The van der Waals surface area contributed by atoms with Crippen molar-refractivity contribution in [3.63, 3.8) is 0 Å². The highest BCUT2D eigenvalue weighted by Crippen LogP contribution is 2.26. The van der Waals surface area contributed by atoms with Gasteiger partial charge in [-0.05, 0) is 30.9 Å². The Bertz CT molecular complexity index is 442. The molecular formula is C14H20N2O3. The van der Waals surface area contributed by atoms with Crippen molar-refractivity contribution in [2.45, 2.75) is 32.1 Å². The SMILES string of the molecule is COC(=O)c1ccc(N)c(OCC2CCCCC2)n1. The number of carbonyl (C=O) groups is 1. The normalized spacial score (nSPS) is 16.1. The topological polar surface area (TPSA) is 74.4 Å². The third kappa shape index (κ3) is 3.59. The minimum atomic E-state index is -0.484. The molecule has 1 aliphatic rings. The number of methoxy groups -OCH3 is 1. The number of hydrogen-bond donors (Lipinski definition) is 1. The summed E-state index contributed by atoms with van der Waals surface area (Å²) >= 11 is 0. The van der Waals surface area contributed by atoms with Crippen LogP contribution in [0.4, 0.5) is 5.69 Å². The van der Waals surface area contributed by atoms with Crippen LogP contribution >= 0.6 is 0 Å². The fourth-order valence-electron chi connectivity index (χ4n) is 2.34. The minimum Gasteiger partial charge on any atom is -0.476 e. The van der Waals surface area contributed by atoms with Gasteiger partial charge in [0, 0.05) is 0 Å². The van der Waals surface area contributed by atoms with Gasteiger partial charge in [0.2, 0.25) is 5.88 Å². The summed E-state index contributed by atoms with van der Waals surface area (Å²) in [5, 5.41) is 0. The number of aromatic nitrogens is 1. The Kier molecular flexibility index (Phi) is 4.60. The molecular weight excluding hydrogens is 244 g/mol. The van der Waals surface area contributed by atoms with Crippen LogP contribution in [0.3, 0.4) is 0 Å². The number of anilines is 1.